The third-order valence-corrected chi connectivity index (χ3v) is 35.7. The maximum absolute atomic E-state index is 13.1. The molecule has 0 radical (unpaired) electrons. The van der Waals surface area contributed by atoms with Crippen LogP contribution in [0.2, 0.25) is 0 Å². The van der Waals surface area contributed by atoms with E-state index in [0.717, 1.165) is 183 Å². The highest BCUT2D eigenvalue weighted by Gasteiger charge is 2.63. The summed E-state index contributed by atoms with van der Waals surface area (Å²) in [6.07, 6.45) is 25.2. The molecule has 0 bridgehead atoms. The minimum atomic E-state index is -1.72. The Labute approximate surface area is 849 Å². The van der Waals surface area contributed by atoms with E-state index in [4.69, 9.17) is 9.47 Å². The van der Waals surface area contributed by atoms with Crippen molar-refractivity contribution in [2.45, 2.75) is 230 Å². The SMILES string of the molecule is CCCCC1c2ccccc2C(O)(CC(=O)c2ccccn2)S1=O.CCCCC1c2ccccc2C(O)(CCc2ccccn2)S1=O.CCCCN1c2ccccc2C(O)(CC(=O)c2ccccn2)S1=O.CCCCN1c2ccccc2C(O)(CCc2ccccn2)S1=O.CCCCN1c2ccccc2C2(O)C(C(=O)c3ccccn3)COC12.CCCCN1c2ccccc2C2(O)C(Cc3ccccn3)COC12. The van der Waals surface area contributed by atoms with Gasteiger partial charge >= 0.3 is 0 Å². The van der Waals surface area contributed by atoms with E-state index >= 15 is 0 Å². The van der Waals surface area contributed by atoms with Crippen LogP contribution in [0.3, 0.4) is 0 Å². The summed E-state index contributed by atoms with van der Waals surface area (Å²) >= 11 is 0. The molecule has 6 aromatic carbocycles. The Morgan fingerprint density at radius 3 is 1.13 bits per heavy atom. The average molecular weight is 2010 g/mol. The van der Waals surface area contributed by atoms with E-state index in [-0.39, 0.29) is 70.8 Å². The molecular formula is C114H132N10O15S4. The third-order valence-electron chi connectivity index (χ3n) is 28.0. The number of anilines is 4. The molecule has 25 nitrogen and oxygen atoms in total. The molecule has 752 valence electrons. The van der Waals surface area contributed by atoms with Gasteiger partial charge in [0.2, 0.25) is 0 Å². The van der Waals surface area contributed by atoms with Crippen LogP contribution in [0.5, 0.6) is 0 Å². The fraction of sp³-hybridized carbons (Fsp3) is 0.395. The molecule has 143 heavy (non-hydrogen) atoms. The van der Waals surface area contributed by atoms with Gasteiger partial charge in [-0.1, -0.05) is 251 Å². The van der Waals surface area contributed by atoms with Crippen molar-refractivity contribution in [1.29, 1.82) is 0 Å². The molecule has 16 atom stereocenters. The van der Waals surface area contributed by atoms with Crippen LogP contribution < -0.4 is 18.4 Å². The minimum Gasteiger partial charge on any atom is -0.380 e. The summed E-state index contributed by atoms with van der Waals surface area (Å²) in [7, 11) is -6.05. The van der Waals surface area contributed by atoms with Gasteiger partial charge in [0.05, 0.1) is 75.4 Å². The number of fused-ring (bicyclic) bond motifs is 10. The van der Waals surface area contributed by atoms with Crippen molar-refractivity contribution < 1.29 is 71.3 Å². The second kappa shape index (κ2) is 48.6. The molecule has 0 aliphatic carbocycles. The number of Topliss-reactive ketones (excluding diaryl/α,β-unsaturated/α-hetero) is 3. The Kier molecular flexibility index (Phi) is 36.0. The minimum absolute atomic E-state index is 0.0187. The number of aryl methyl sites for hydroxylation is 2. The van der Waals surface area contributed by atoms with Crippen molar-refractivity contribution in [2.24, 2.45) is 11.8 Å². The highest BCUT2D eigenvalue weighted by atomic mass is 32.2. The number of pyridine rings is 6. The Balaban J connectivity index is 0.000000129. The fourth-order valence-corrected chi connectivity index (χ4v) is 27.7. The van der Waals surface area contributed by atoms with Crippen LogP contribution in [0.25, 0.3) is 0 Å². The van der Waals surface area contributed by atoms with Gasteiger partial charge < -0.3 is 49.9 Å². The van der Waals surface area contributed by atoms with Gasteiger partial charge in [-0.05, 0) is 179 Å². The van der Waals surface area contributed by atoms with Crippen LogP contribution >= 0.6 is 0 Å². The smallest absolute Gasteiger partial charge is 0.194 e. The van der Waals surface area contributed by atoms with Gasteiger partial charge in [0.15, 0.2) is 71.5 Å². The molecule has 2 fully saturated rings. The van der Waals surface area contributed by atoms with Crippen molar-refractivity contribution in [1.82, 2.24) is 29.9 Å². The summed E-state index contributed by atoms with van der Waals surface area (Å²) in [5, 5.41) is 67.7. The summed E-state index contributed by atoms with van der Waals surface area (Å²) in [6, 6.07) is 78.9. The Morgan fingerprint density at radius 1 is 0.343 bits per heavy atom. The predicted molar refractivity (Wildman–Crippen MR) is 563 cm³/mol. The van der Waals surface area contributed by atoms with Crippen molar-refractivity contribution >= 4 is 83.7 Å². The quantitative estimate of drug-likeness (QED) is 0.0204. The molecule has 6 aromatic heterocycles. The van der Waals surface area contributed by atoms with Crippen LogP contribution in [0.4, 0.5) is 22.7 Å². The molecule has 8 aliphatic heterocycles. The van der Waals surface area contributed by atoms with E-state index in [0.29, 0.717) is 62.2 Å². The van der Waals surface area contributed by atoms with Crippen LogP contribution in [0.15, 0.2) is 292 Å². The van der Waals surface area contributed by atoms with Crippen LogP contribution in [0.1, 0.15) is 261 Å². The lowest BCUT2D eigenvalue weighted by molar-refractivity contribution is -0.0472. The number of hydrogen-bond donors (Lipinski definition) is 6. The van der Waals surface area contributed by atoms with E-state index in [9.17, 15) is 61.9 Å². The predicted octanol–water partition coefficient (Wildman–Crippen LogP) is 19.1. The maximum atomic E-state index is 13.1. The van der Waals surface area contributed by atoms with Gasteiger partial charge in [-0.15, -0.1) is 0 Å². The summed E-state index contributed by atoms with van der Waals surface area (Å²) < 4.78 is 67.6. The second-order valence-corrected chi connectivity index (χ2v) is 44.3. The van der Waals surface area contributed by atoms with E-state index in [1.54, 1.807) is 102 Å². The number of unbranched alkanes of at least 4 members (excludes halogenated alkanes) is 6. The summed E-state index contributed by atoms with van der Waals surface area (Å²) in [4.78, 5) is 61.7. The van der Waals surface area contributed by atoms with Crippen LogP contribution in [-0.2, 0) is 103 Å². The zero-order valence-electron chi connectivity index (χ0n) is 82.2. The normalized spacial score (nSPS) is 25.4. The molecule has 0 spiro atoms. The number of hydrogen-bond acceptors (Lipinski definition) is 23. The molecule has 16 unspecified atom stereocenters. The zero-order chi connectivity index (χ0) is 101. The van der Waals surface area contributed by atoms with Gasteiger partial charge in [-0.2, -0.15) is 0 Å². The maximum Gasteiger partial charge on any atom is 0.194 e. The standard InChI is InChI=1S/C20H22N2O3.C20H24N2O2.C19H21NO3S.C19H23NO2S.C18H20N2O3S.C18H22N2O2S/c1-2-3-12-22-17-10-5-4-8-14(17)20(24)15(13-25-19(20)22)18(23)16-9-6-7-11-21-16;1-2-3-12-22-18-10-5-4-9-17(18)20(23)15(14-24-19(20)22)13-16-8-6-7-11-21-16;1-2-3-11-18-14-8-4-5-9-15(14)19(22,24(18)23)13-17(21)16-10-6-7-12-20-16;1-2-3-11-18-16-9-4-5-10-17(16)19(21,23(18)22)13-12-15-8-6-7-14-20-15;1-2-3-12-20-16-10-5-4-8-14(16)18(22,24(20)23)13-17(21)15-9-6-7-11-19-15;1-2-3-14-20-17-10-5-4-9-16(17)18(21,23(20)22)12-11-15-8-6-7-13-19-15/h4-11,15,19,24H,2-3,12-13H2,1H3;4-11,15,19,23H,2-3,12-14H2,1H3;4-10,12,18,22H,2-3,11,13H2,1H3;4-10,14,18,21H,2-3,11-13H2,1H3;4-11,22H,2-3,12-13H2,1H3;4-10,13,21H,2-3,11-12,14H2,1H3. The Bertz CT molecular complexity index is 6110. The monoisotopic (exact) mass is 2010 g/mol. The number of rotatable bonds is 34. The average Bonchev–Trinajstić information content (AvgIpc) is 1.54. The molecule has 2 saturated heterocycles. The topological polar surface area (TPSA) is 350 Å². The van der Waals surface area contributed by atoms with Gasteiger partial charge in [0.1, 0.15) is 28.3 Å². The number of aliphatic hydroxyl groups is 6. The molecular weight excluding hydrogens is 1880 g/mol. The van der Waals surface area contributed by atoms with Gasteiger partial charge in [0, 0.05) is 131 Å². The second-order valence-electron chi connectivity index (χ2n) is 37.4. The lowest BCUT2D eigenvalue weighted by Crippen LogP contribution is -2.47. The molecule has 0 saturated carbocycles. The molecule has 6 N–H and O–H groups in total. The first-order valence-corrected chi connectivity index (χ1v) is 55.0. The molecule has 8 aliphatic rings. The van der Waals surface area contributed by atoms with E-state index < -0.39 is 86.7 Å². The van der Waals surface area contributed by atoms with Crippen LogP contribution in [0, 0.1) is 11.8 Å². The van der Waals surface area contributed by atoms with E-state index in [1.165, 1.54) is 6.20 Å². The number of ether oxygens (including phenoxy) is 2. The molecule has 12 aromatic rings. The number of benzene rings is 6. The van der Waals surface area contributed by atoms with Crippen molar-refractivity contribution in [3.63, 3.8) is 0 Å². The van der Waals surface area contributed by atoms with Gasteiger partial charge in [-0.3, -0.25) is 61.3 Å². The first-order valence-electron chi connectivity index (χ1n) is 50.3. The number of carbonyl (C=O) groups excluding carboxylic acids is 3. The molecule has 29 heteroatoms. The Hall–Kier alpha value is -11.3. The van der Waals surface area contributed by atoms with Crippen LogP contribution in [-0.4, -0.2) is 147 Å². The summed E-state index contributed by atoms with van der Waals surface area (Å²) in [5.74, 6) is -1.42. The fourth-order valence-electron chi connectivity index (χ4n) is 20.5. The van der Waals surface area contributed by atoms with Crippen molar-refractivity contribution in [3.8, 4) is 0 Å². The Morgan fingerprint density at radius 2 is 0.685 bits per heavy atom. The number of nitrogens with zero attached hydrogens (tertiary/aromatic N) is 10. The summed E-state index contributed by atoms with van der Waals surface area (Å²) in [5.41, 5.74) is 11.7. The lowest BCUT2D eigenvalue weighted by Gasteiger charge is -2.31. The number of para-hydroxylation sites is 4. The zero-order valence-corrected chi connectivity index (χ0v) is 85.5. The summed E-state index contributed by atoms with van der Waals surface area (Å²) in [6.45, 7) is 16.5. The van der Waals surface area contributed by atoms with E-state index in [2.05, 4.69) is 87.3 Å². The highest BCUT2D eigenvalue weighted by Crippen LogP contribution is 2.57. The van der Waals surface area contributed by atoms with Gasteiger partial charge in [0.25, 0.3) is 0 Å². The highest BCUT2D eigenvalue weighted by molar-refractivity contribution is 7.88. The first kappa shape index (κ1) is 106. The number of aromatic nitrogens is 6. The number of ketones is 3. The molecule has 14 heterocycles. The number of carbonyl (C=O) groups is 3. The van der Waals surface area contributed by atoms with Gasteiger partial charge in [-0.25, -0.2) is 8.42 Å². The van der Waals surface area contributed by atoms with E-state index in [1.807, 2.05) is 186 Å². The largest absolute Gasteiger partial charge is 0.380 e. The first-order chi connectivity index (χ1) is 69.4. The molecule has 20 rings (SSSR count). The third kappa shape index (κ3) is 22.4. The van der Waals surface area contributed by atoms with Crippen molar-refractivity contribution in [2.75, 3.05) is 57.8 Å². The van der Waals surface area contributed by atoms with Crippen molar-refractivity contribution in [3.05, 3.63) is 371 Å². The molecule has 0 amide bonds. The lowest BCUT2D eigenvalue weighted by atomic mass is 9.80.